The van der Waals surface area contributed by atoms with E-state index in [0.717, 1.165) is 135 Å². The van der Waals surface area contributed by atoms with Crippen molar-refractivity contribution in [2.75, 3.05) is 47.5 Å². The van der Waals surface area contributed by atoms with E-state index in [1.807, 2.05) is 21.1 Å². The summed E-state index contributed by atoms with van der Waals surface area (Å²) in [6, 6.07) is 0. The Morgan fingerprint density at radius 1 is 0.323 bits per heavy atom. The van der Waals surface area contributed by atoms with Gasteiger partial charge in [-0.25, -0.2) is 0 Å². The topological polar surface area (TPSA) is 111 Å². The van der Waals surface area contributed by atoms with Gasteiger partial charge in [-0.05, 0) is 128 Å². The quantitative estimate of drug-likeness (QED) is 0.0195. The van der Waals surface area contributed by atoms with Gasteiger partial charge in [-0.3, -0.25) is 9.59 Å². The second kappa shape index (κ2) is 72.5. The maximum Gasteiger partial charge on any atom is 0.306 e. The molecule has 526 valence electrons. The summed E-state index contributed by atoms with van der Waals surface area (Å²) in [5.41, 5.74) is 0. The molecular formula is C84H137NO8. The number of hydrogen-bond acceptors (Lipinski definition) is 8. The fourth-order valence-corrected chi connectivity index (χ4v) is 9.85. The van der Waals surface area contributed by atoms with Crippen LogP contribution in [0.4, 0.5) is 0 Å². The molecule has 0 aliphatic carbocycles. The molecule has 0 spiro atoms. The lowest BCUT2D eigenvalue weighted by Crippen LogP contribution is -2.44. The lowest BCUT2D eigenvalue weighted by atomic mass is 10.0. The van der Waals surface area contributed by atoms with Gasteiger partial charge in [-0.2, -0.15) is 0 Å². The van der Waals surface area contributed by atoms with Crippen molar-refractivity contribution in [1.29, 1.82) is 0 Å². The summed E-state index contributed by atoms with van der Waals surface area (Å²) in [7, 11) is 5.92. The zero-order valence-corrected chi connectivity index (χ0v) is 60.1. The lowest BCUT2D eigenvalue weighted by Gasteiger charge is -2.26. The summed E-state index contributed by atoms with van der Waals surface area (Å²) in [5, 5.41) is 11.8. The number of carbonyl (C=O) groups excluding carboxylic acids is 3. The summed E-state index contributed by atoms with van der Waals surface area (Å²) in [4.78, 5) is 37.5. The van der Waals surface area contributed by atoms with Crippen molar-refractivity contribution >= 4 is 17.9 Å². The van der Waals surface area contributed by atoms with E-state index < -0.39 is 24.3 Å². The van der Waals surface area contributed by atoms with E-state index in [9.17, 15) is 19.5 Å². The molecule has 0 saturated carbocycles. The summed E-state index contributed by atoms with van der Waals surface area (Å²) < 4.78 is 22.8. The molecular weight excluding hydrogens is 1150 g/mol. The number of carboxylic acid groups (broad SMARTS) is 1. The normalized spacial score (nSPS) is 13.7. The van der Waals surface area contributed by atoms with Crippen LogP contribution in [-0.2, 0) is 33.3 Å². The van der Waals surface area contributed by atoms with Gasteiger partial charge in [0.2, 0.25) is 0 Å². The number of ether oxygens (including phenoxy) is 4. The number of nitrogens with zero attached hydrogens (tertiary/aromatic N) is 1. The first-order valence-electron chi connectivity index (χ1n) is 37.3. The highest BCUT2D eigenvalue weighted by Gasteiger charge is 2.22. The highest BCUT2D eigenvalue weighted by atomic mass is 16.7. The van der Waals surface area contributed by atoms with Crippen molar-refractivity contribution in [3.05, 3.63) is 170 Å². The van der Waals surface area contributed by atoms with Crippen LogP contribution in [0.3, 0.4) is 0 Å². The minimum Gasteiger partial charge on any atom is -0.545 e. The molecule has 0 amide bonds. The zero-order chi connectivity index (χ0) is 67.5. The van der Waals surface area contributed by atoms with Gasteiger partial charge in [0.05, 0.1) is 40.3 Å². The Balaban J connectivity index is 4.18. The van der Waals surface area contributed by atoms with Crippen LogP contribution in [0.25, 0.3) is 0 Å². The van der Waals surface area contributed by atoms with Crippen LogP contribution in [-0.4, -0.2) is 82.3 Å². The molecule has 2 atom stereocenters. The number of allylic oxidation sites excluding steroid dienone is 28. The van der Waals surface area contributed by atoms with Crippen molar-refractivity contribution < 1.29 is 42.9 Å². The highest BCUT2D eigenvalue weighted by molar-refractivity contribution is 5.70. The number of hydrogen-bond donors (Lipinski definition) is 0. The van der Waals surface area contributed by atoms with Gasteiger partial charge in [0, 0.05) is 12.8 Å². The molecule has 0 bridgehead atoms. The summed E-state index contributed by atoms with van der Waals surface area (Å²) in [5.74, 6) is -2.32. The van der Waals surface area contributed by atoms with Gasteiger partial charge in [0.15, 0.2) is 12.4 Å². The molecule has 93 heavy (non-hydrogen) atoms. The van der Waals surface area contributed by atoms with Gasteiger partial charge in [-0.15, -0.1) is 0 Å². The first-order chi connectivity index (χ1) is 45.6. The molecule has 0 aromatic heterocycles. The molecule has 0 aliphatic heterocycles. The average molecular weight is 1290 g/mol. The summed E-state index contributed by atoms with van der Waals surface area (Å²) in [6.07, 6.45) is 106. The predicted molar refractivity (Wildman–Crippen MR) is 398 cm³/mol. The molecule has 9 nitrogen and oxygen atoms in total. The van der Waals surface area contributed by atoms with Crippen molar-refractivity contribution in [2.24, 2.45) is 0 Å². The first-order valence-corrected chi connectivity index (χ1v) is 37.3. The monoisotopic (exact) mass is 1290 g/mol. The van der Waals surface area contributed by atoms with Crippen molar-refractivity contribution in [3.63, 3.8) is 0 Å². The molecule has 0 fully saturated rings. The van der Waals surface area contributed by atoms with Gasteiger partial charge in [0.25, 0.3) is 0 Å². The molecule has 0 saturated heterocycles. The zero-order valence-electron chi connectivity index (χ0n) is 60.1. The fraction of sp³-hybridized carbons (Fsp3) is 0.631. The van der Waals surface area contributed by atoms with Crippen molar-refractivity contribution in [3.8, 4) is 0 Å². The van der Waals surface area contributed by atoms with Crippen LogP contribution in [0.1, 0.15) is 284 Å². The number of unbranched alkanes of at least 4 members (excludes halogenated alkanes) is 24. The fourth-order valence-electron chi connectivity index (χ4n) is 9.85. The van der Waals surface area contributed by atoms with Gasteiger partial charge < -0.3 is 33.3 Å². The number of likely N-dealkylation sites (N-methyl/N-ethyl adjacent to an activating group) is 1. The van der Waals surface area contributed by atoms with Crippen molar-refractivity contribution in [2.45, 2.75) is 296 Å². The molecule has 0 aromatic carbocycles. The van der Waals surface area contributed by atoms with E-state index >= 15 is 0 Å². The largest absolute Gasteiger partial charge is 0.545 e. The van der Waals surface area contributed by atoms with E-state index in [0.29, 0.717) is 17.4 Å². The van der Waals surface area contributed by atoms with Crippen LogP contribution in [0.5, 0.6) is 0 Å². The van der Waals surface area contributed by atoms with Crippen LogP contribution in [0.15, 0.2) is 170 Å². The predicted octanol–water partition coefficient (Wildman–Crippen LogP) is 22.5. The summed E-state index contributed by atoms with van der Waals surface area (Å²) in [6.45, 7) is 4.49. The van der Waals surface area contributed by atoms with Crippen LogP contribution < -0.4 is 5.11 Å². The molecule has 0 aliphatic rings. The Kier molecular flexibility index (Phi) is 68.3. The van der Waals surface area contributed by atoms with Crippen molar-refractivity contribution in [1.82, 2.24) is 0 Å². The Morgan fingerprint density at radius 2 is 0.581 bits per heavy atom. The number of quaternary nitrogens is 1. The number of carbonyl (C=O) groups is 3. The minimum absolute atomic E-state index is 0.135. The number of esters is 2. The maximum absolute atomic E-state index is 12.9. The second-order valence-electron chi connectivity index (χ2n) is 25.5. The second-order valence-corrected chi connectivity index (χ2v) is 25.5. The van der Waals surface area contributed by atoms with E-state index in [4.69, 9.17) is 18.9 Å². The summed E-state index contributed by atoms with van der Waals surface area (Å²) >= 11 is 0. The SMILES string of the molecule is CC/C=C\C/C=C\C/C=C\C/C=C\C/C=C\C/C=C\C/C=C\C/C=C\C/C=C\C/C=C\CCCCCCC(=O)OC(COC(=O)CCCCCCCCCCCCCCCCCCCCCC/C=C\C/C=C\C/C=C\C/C=C\CC)COC(OCC[N+](C)(C)C)C(=O)[O-]. The lowest BCUT2D eigenvalue weighted by molar-refractivity contribution is -0.870. The number of aliphatic carboxylic acids is 1. The molecule has 0 rings (SSSR count). The van der Waals surface area contributed by atoms with Gasteiger partial charge in [0.1, 0.15) is 13.2 Å². The third-order valence-corrected chi connectivity index (χ3v) is 15.5. The van der Waals surface area contributed by atoms with E-state index in [1.165, 1.54) is 116 Å². The molecule has 0 N–H and O–H groups in total. The van der Waals surface area contributed by atoms with Crippen LogP contribution in [0, 0.1) is 0 Å². The van der Waals surface area contributed by atoms with Crippen LogP contribution in [0.2, 0.25) is 0 Å². The third kappa shape index (κ3) is 73.9. The smallest absolute Gasteiger partial charge is 0.306 e. The van der Waals surface area contributed by atoms with E-state index in [-0.39, 0.29) is 38.6 Å². The maximum atomic E-state index is 12.9. The molecule has 2 unspecified atom stereocenters. The Labute approximate surface area is 571 Å². The molecule has 9 heteroatoms. The Morgan fingerprint density at radius 3 is 0.860 bits per heavy atom. The Bertz CT molecular complexity index is 2140. The van der Waals surface area contributed by atoms with E-state index in [2.05, 4.69) is 184 Å². The minimum atomic E-state index is -1.64. The molecule has 0 radical (unpaired) electrons. The van der Waals surface area contributed by atoms with Crippen LogP contribution >= 0.6 is 0 Å². The number of rotatable bonds is 67. The standard InChI is InChI=1S/C84H137NO8/c1-6-8-10-12-14-16-18-20-22-24-26-28-30-32-34-36-38-40-41-43-45-47-49-51-53-55-57-59-61-63-65-67-69-71-73-75-82(87)93-80(79-92-84(83(88)89)90-77-76-85(3,4)5)78-91-81(86)74-72-70-68-66-64-62-60-58-56-54-52-50-48-46-44-42-39-37-35-33-31-29-27-25-23-21-19-17-15-13-11-9-7-2/h8-11,14-17,20-23,26-29,32,34,38,40,43,45,49,51,55,57,61,63,80,84H,6-7,12-13,18-19,24-25,30-31,33,35-37,39,41-42,44,46-48,50,52-54,56,58-60,62,64-79H2,1-5H3/b10-8-,11-9-,16-14-,17-15-,22-20-,23-21-,28-26-,29-27-,34-32-,40-38-,45-43-,51-49-,57-55-,63-61-. The number of carboxylic acids is 1. The van der Waals surface area contributed by atoms with E-state index in [1.54, 1.807) is 0 Å². The molecule has 0 heterocycles. The highest BCUT2D eigenvalue weighted by Crippen LogP contribution is 2.17. The third-order valence-electron chi connectivity index (χ3n) is 15.5. The molecule has 0 aromatic rings. The Hall–Kier alpha value is -5.35. The van der Waals surface area contributed by atoms with Gasteiger partial charge >= 0.3 is 11.9 Å². The van der Waals surface area contributed by atoms with Gasteiger partial charge in [-0.1, -0.05) is 312 Å². The first kappa shape index (κ1) is 87.7. The average Bonchev–Trinajstić information content (AvgIpc) is 3.74.